The SMILES string of the molecule is CCOCCC(=O)N[C@@H]1CCC[C@@H]1N1CCC(O)C1. The molecule has 1 aliphatic carbocycles. The van der Waals surface area contributed by atoms with Crippen molar-refractivity contribution in [2.75, 3.05) is 26.3 Å². The van der Waals surface area contributed by atoms with Crippen LogP contribution >= 0.6 is 0 Å². The maximum Gasteiger partial charge on any atom is 0.222 e. The van der Waals surface area contributed by atoms with E-state index >= 15 is 0 Å². The van der Waals surface area contributed by atoms with Crippen LogP contribution in [0.3, 0.4) is 0 Å². The zero-order chi connectivity index (χ0) is 13.7. The number of nitrogens with one attached hydrogen (secondary N) is 1. The lowest BCUT2D eigenvalue weighted by atomic mass is 10.1. The molecule has 5 nitrogen and oxygen atoms in total. The Morgan fingerprint density at radius 3 is 2.95 bits per heavy atom. The number of β-amino-alcohol motifs (C(OH)–C–C–N with tert-alkyl or cyclic N) is 1. The number of ether oxygens (including phenoxy) is 1. The Bertz CT molecular complexity index is 298. The third-order valence-corrected chi connectivity index (χ3v) is 4.17. The van der Waals surface area contributed by atoms with E-state index in [9.17, 15) is 9.90 Å². The Balaban J connectivity index is 1.77. The first-order valence-corrected chi connectivity index (χ1v) is 7.50. The molecule has 2 N–H and O–H groups in total. The van der Waals surface area contributed by atoms with Crippen LogP contribution in [0.1, 0.15) is 39.0 Å². The van der Waals surface area contributed by atoms with Crippen LogP contribution in [0.5, 0.6) is 0 Å². The number of hydrogen-bond donors (Lipinski definition) is 2. The Labute approximate surface area is 115 Å². The van der Waals surface area contributed by atoms with Crippen LogP contribution in [0.25, 0.3) is 0 Å². The summed E-state index contributed by atoms with van der Waals surface area (Å²) in [5.74, 6) is 0.0881. The minimum absolute atomic E-state index is 0.0881. The highest BCUT2D eigenvalue weighted by Crippen LogP contribution is 2.27. The van der Waals surface area contributed by atoms with Crippen LogP contribution in [0.15, 0.2) is 0 Å². The summed E-state index contributed by atoms with van der Waals surface area (Å²) < 4.78 is 5.21. The molecule has 0 aromatic heterocycles. The van der Waals surface area contributed by atoms with Crippen molar-refractivity contribution in [2.45, 2.75) is 57.2 Å². The molecule has 19 heavy (non-hydrogen) atoms. The van der Waals surface area contributed by atoms with Gasteiger partial charge in [0.25, 0.3) is 0 Å². The summed E-state index contributed by atoms with van der Waals surface area (Å²) >= 11 is 0. The molecule has 1 saturated carbocycles. The lowest BCUT2D eigenvalue weighted by molar-refractivity contribution is -0.123. The summed E-state index contributed by atoms with van der Waals surface area (Å²) in [5.41, 5.74) is 0. The van der Waals surface area contributed by atoms with Gasteiger partial charge in [-0.25, -0.2) is 0 Å². The minimum atomic E-state index is -0.185. The lowest BCUT2D eigenvalue weighted by Crippen LogP contribution is -2.48. The van der Waals surface area contributed by atoms with E-state index in [0.717, 1.165) is 38.8 Å². The summed E-state index contributed by atoms with van der Waals surface area (Å²) in [5, 5.41) is 12.8. The number of nitrogens with zero attached hydrogens (tertiary/aromatic N) is 1. The number of carbonyl (C=O) groups is 1. The molecule has 0 bridgehead atoms. The first-order valence-electron chi connectivity index (χ1n) is 7.50. The molecule has 110 valence electrons. The largest absolute Gasteiger partial charge is 0.392 e. The van der Waals surface area contributed by atoms with Gasteiger partial charge in [-0.1, -0.05) is 0 Å². The molecule has 2 fully saturated rings. The molecule has 0 spiro atoms. The van der Waals surface area contributed by atoms with Crippen LogP contribution < -0.4 is 5.32 Å². The Morgan fingerprint density at radius 2 is 2.26 bits per heavy atom. The average Bonchev–Trinajstić information content (AvgIpc) is 2.98. The highest BCUT2D eigenvalue weighted by Gasteiger charge is 2.36. The summed E-state index contributed by atoms with van der Waals surface area (Å²) in [6.07, 6.45) is 4.46. The number of likely N-dealkylation sites (tertiary alicyclic amines) is 1. The maximum atomic E-state index is 11.8. The first kappa shape index (κ1) is 14.8. The van der Waals surface area contributed by atoms with Gasteiger partial charge in [-0.05, 0) is 32.6 Å². The van der Waals surface area contributed by atoms with Gasteiger partial charge in [0, 0.05) is 38.2 Å². The van der Waals surface area contributed by atoms with Gasteiger partial charge in [-0.15, -0.1) is 0 Å². The monoisotopic (exact) mass is 270 g/mol. The van der Waals surface area contributed by atoms with Crippen LogP contribution in [0.2, 0.25) is 0 Å². The van der Waals surface area contributed by atoms with Gasteiger partial charge < -0.3 is 15.2 Å². The molecular formula is C14H26N2O3. The van der Waals surface area contributed by atoms with Gasteiger partial charge in [0.05, 0.1) is 12.7 Å². The zero-order valence-electron chi connectivity index (χ0n) is 11.8. The van der Waals surface area contributed by atoms with Crippen LogP contribution in [-0.2, 0) is 9.53 Å². The topological polar surface area (TPSA) is 61.8 Å². The molecule has 1 saturated heterocycles. The van der Waals surface area contributed by atoms with E-state index in [4.69, 9.17) is 4.74 Å². The highest BCUT2D eigenvalue weighted by molar-refractivity contribution is 5.76. The number of rotatable bonds is 6. The molecule has 1 aliphatic heterocycles. The summed E-state index contributed by atoms with van der Waals surface area (Å²) in [6.45, 7) is 4.81. The molecule has 1 heterocycles. The van der Waals surface area contributed by atoms with Gasteiger partial charge >= 0.3 is 0 Å². The van der Waals surface area contributed by atoms with Crippen molar-refractivity contribution < 1.29 is 14.6 Å². The Morgan fingerprint density at radius 1 is 1.42 bits per heavy atom. The molecule has 5 heteroatoms. The fraction of sp³-hybridized carbons (Fsp3) is 0.929. The first-order chi connectivity index (χ1) is 9.20. The standard InChI is InChI=1S/C14H26N2O3/c1-2-19-9-7-14(18)15-12-4-3-5-13(12)16-8-6-11(17)10-16/h11-13,17H,2-10H2,1H3,(H,15,18)/t11?,12-,13+/m1/s1. The zero-order valence-corrected chi connectivity index (χ0v) is 11.8. The third-order valence-electron chi connectivity index (χ3n) is 4.17. The van der Waals surface area contributed by atoms with E-state index in [1.807, 2.05) is 6.92 Å². The fourth-order valence-electron chi connectivity index (χ4n) is 3.20. The van der Waals surface area contributed by atoms with Gasteiger partial charge in [-0.2, -0.15) is 0 Å². The molecule has 2 rings (SSSR count). The quantitative estimate of drug-likeness (QED) is 0.691. The van der Waals surface area contributed by atoms with Gasteiger partial charge in [0.1, 0.15) is 0 Å². The maximum absolute atomic E-state index is 11.8. The number of hydrogen-bond acceptors (Lipinski definition) is 4. The van der Waals surface area contributed by atoms with E-state index in [2.05, 4.69) is 10.2 Å². The van der Waals surface area contributed by atoms with Crippen molar-refractivity contribution in [1.82, 2.24) is 10.2 Å². The van der Waals surface area contributed by atoms with Crippen molar-refractivity contribution in [3.63, 3.8) is 0 Å². The van der Waals surface area contributed by atoms with Crippen molar-refractivity contribution in [2.24, 2.45) is 0 Å². The van der Waals surface area contributed by atoms with Gasteiger partial charge in [0.15, 0.2) is 0 Å². The second kappa shape index (κ2) is 7.22. The molecule has 0 radical (unpaired) electrons. The predicted octanol–water partition coefficient (Wildman–Crippen LogP) is 0.517. The molecule has 0 aromatic carbocycles. The van der Waals surface area contributed by atoms with Crippen LogP contribution in [-0.4, -0.2) is 60.4 Å². The fourth-order valence-corrected chi connectivity index (χ4v) is 3.20. The lowest BCUT2D eigenvalue weighted by Gasteiger charge is -2.29. The molecular weight excluding hydrogens is 244 g/mol. The molecule has 3 atom stereocenters. The smallest absolute Gasteiger partial charge is 0.222 e. The number of amides is 1. The van der Waals surface area contributed by atoms with Gasteiger partial charge in [0.2, 0.25) is 5.91 Å². The molecule has 2 aliphatic rings. The third kappa shape index (κ3) is 4.16. The van der Waals surface area contributed by atoms with Crippen LogP contribution in [0.4, 0.5) is 0 Å². The van der Waals surface area contributed by atoms with Crippen molar-refractivity contribution in [3.05, 3.63) is 0 Å². The summed E-state index contributed by atoms with van der Waals surface area (Å²) in [6, 6.07) is 0.660. The summed E-state index contributed by atoms with van der Waals surface area (Å²) in [4.78, 5) is 14.2. The summed E-state index contributed by atoms with van der Waals surface area (Å²) in [7, 11) is 0. The number of carbonyl (C=O) groups excluding carboxylic acids is 1. The predicted molar refractivity (Wildman–Crippen MR) is 72.9 cm³/mol. The van der Waals surface area contributed by atoms with E-state index in [-0.39, 0.29) is 18.1 Å². The van der Waals surface area contributed by atoms with Crippen molar-refractivity contribution in [1.29, 1.82) is 0 Å². The molecule has 1 amide bonds. The van der Waals surface area contributed by atoms with E-state index in [0.29, 0.717) is 25.7 Å². The second-order valence-electron chi connectivity index (χ2n) is 5.56. The molecule has 1 unspecified atom stereocenters. The second-order valence-corrected chi connectivity index (χ2v) is 5.56. The Hall–Kier alpha value is -0.650. The van der Waals surface area contributed by atoms with Crippen LogP contribution in [0, 0.1) is 0 Å². The minimum Gasteiger partial charge on any atom is -0.392 e. The highest BCUT2D eigenvalue weighted by atomic mass is 16.5. The van der Waals surface area contributed by atoms with Crippen molar-refractivity contribution in [3.8, 4) is 0 Å². The average molecular weight is 270 g/mol. The number of aliphatic hydroxyl groups excluding tert-OH is 1. The van der Waals surface area contributed by atoms with E-state index in [1.165, 1.54) is 0 Å². The van der Waals surface area contributed by atoms with Gasteiger partial charge in [-0.3, -0.25) is 9.69 Å². The Kier molecular flexibility index (Phi) is 5.60. The normalized spacial score (nSPS) is 31.8. The number of aliphatic hydroxyl groups is 1. The van der Waals surface area contributed by atoms with E-state index < -0.39 is 0 Å². The van der Waals surface area contributed by atoms with E-state index in [1.54, 1.807) is 0 Å². The molecule has 0 aromatic rings. The van der Waals surface area contributed by atoms with Crippen molar-refractivity contribution >= 4 is 5.91 Å².